The van der Waals surface area contributed by atoms with Crippen LogP contribution in [0.3, 0.4) is 0 Å². The van der Waals surface area contributed by atoms with E-state index < -0.39 is 13.6 Å². The second-order valence-electron chi connectivity index (χ2n) is 7.03. The first-order valence-corrected chi connectivity index (χ1v) is 14.1. The number of hydrogen-bond donors (Lipinski definition) is 0. The molecule has 0 bridgehead atoms. The van der Waals surface area contributed by atoms with E-state index in [0.29, 0.717) is 0 Å². The van der Waals surface area contributed by atoms with Gasteiger partial charge in [-0.3, -0.25) is 14.4 Å². The molecule has 2 saturated carbocycles. The maximum absolute atomic E-state index is 13.4. The highest BCUT2D eigenvalue weighted by molar-refractivity contribution is 8.44. The van der Waals surface area contributed by atoms with Crippen molar-refractivity contribution in [2.75, 3.05) is 0 Å². The third kappa shape index (κ3) is 1.93. The van der Waals surface area contributed by atoms with Crippen LogP contribution in [0, 0.1) is 5.41 Å². The molecule has 26 heavy (non-hydrogen) atoms. The first-order chi connectivity index (χ1) is 12.5. The maximum Gasteiger partial charge on any atom is 0.289 e. The third-order valence-electron chi connectivity index (χ3n) is 5.83. The zero-order valence-electron chi connectivity index (χ0n) is 13.3. The van der Waals surface area contributed by atoms with Crippen molar-refractivity contribution in [3.63, 3.8) is 0 Å². The maximum atomic E-state index is 13.4. The Labute approximate surface area is 179 Å². The van der Waals surface area contributed by atoms with Crippen molar-refractivity contribution >= 4 is 91.7 Å². The molecule has 4 heterocycles. The predicted molar refractivity (Wildman–Crippen MR) is 116 cm³/mol. The van der Waals surface area contributed by atoms with E-state index in [2.05, 4.69) is 0 Å². The number of carbonyl (C=O) groups is 2. The van der Waals surface area contributed by atoms with Gasteiger partial charge in [-0.25, -0.2) is 0 Å². The highest BCUT2D eigenvalue weighted by atomic mass is 32.3. The summed E-state index contributed by atoms with van der Waals surface area (Å²) in [6, 6.07) is 0. The summed E-state index contributed by atoms with van der Waals surface area (Å²) < 4.78 is 2.06. The van der Waals surface area contributed by atoms with Gasteiger partial charge in [0.2, 0.25) is 5.12 Å². The van der Waals surface area contributed by atoms with Crippen LogP contribution < -0.4 is 4.06 Å². The van der Waals surface area contributed by atoms with E-state index >= 15 is 0 Å². The molecular weight excluding hydrogens is 465 g/mol. The molecule has 1 aromatic rings. The molecule has 6 rings (SSSR count). The van der Waals surface area contributed by atoms with E-state index in [0.717, 1.165) is 44.8 Å². The molecule has 4 fully saturated rings. The van der Waals surface area contributed by atoms with Gasteiger partial charge in [0.05, 0.1) is 13.8 Å². The van der Waals surface area contributed by atoms with E-state index in [1.165, 1.54) is 58.2 Å². The van der Waals surface area contributed by atoms with Gasteiger partial charge in [-0.2, -0.15) is 0 Å². The summed E-state index contributed by atoms with van der Waals surface area (Å²) in [5, 5.41) is 0.342. The van der Waals surface area contributed by atoms with E-state index in [1.54, 1.807) is 35.3 Å². The smallest absolute Gasteiger partial charge is 0.286 e. The number of thioether (sulfide) groups is 5. The van der Waals surface area contributed by atoms with E-state index in [4.69, 9.17) is 0 Å². The molecule has 2 saturated heterocycles. The highest BCUT2D eigenvalue weighted by Gasteiger charge is 2.81. The van der Waals surface area contributed by atoms with Crippen molar-refractivity contribution in [1.82, 2.24) is 0 Å². The van der Waals surface area contributed by atoms with Crippen LogP contribution in [0.2, 0.25) is 0 Å². The Morgan fingerprint density at radius 2 is 1.46 bits per heavy atom. The lowest BCUT2D eigenvalue weighted by Gasteiger charge is -2.50. The predicted octanol–water partition coefficient (Wildman–Crippen LogP) is 5.61. The normalized spacial score (nSPS) is 33.4. The van der Waals surface area contributed by atoms with Crippen LogP contribution in [0.4, 0.5) is 0 Å². The minimum atomic E-state index is -0.753. The molecule has 1 aromatic heterocycles. The lowest BCUT2D eigenvalue weighted by Crippen LogP contribution is -2.56. The Hall–Kier alpha value is 0.680. The fourth-order valence-electron chi connectivity index (χ4n) is 4.11. The van der Waals surface area contributed by atoms with Crippen molar-refractivity contribution in [1.29, 1.82) is 0 Å². The van der Waals surface area contributed by atoms with Gasteiger partial charge in [-0.15, -0.1) is 0 Å². The molecule has 0 N–H and O–H groups in total. The second kappa shape index (κ2) is 5.64. The quantitative estimate of drug-likeness (QED) is 0.479. The van der Waals surface area contributed by atoms with Gasteiger partial charge >= 0.3 is 0 Å². The Morgan fingerprint density at radius 1 is 0.769 bits per heavy atom. The van der Waals surface area contributed by atoms with E-state index in [-0.39, 0.29) is 14.3 Å². The Morgan fingerprint density at radius 3 is 2.00 bits per heavy atom. The molecule has 136 valence electrons. The molecule has 3 nitrogen and oxygen atoms in total. The third-order valence-corrected chi connectivity index (χ3v) is 17.6. The van der Waals surface area contributed by atoms with Gasteiger partial charge in [0, 0.05) is 4.24 Å². The first-order valence-electron chi connectivity index (χ1n) is 8.38. The van der Waals surface area contributed by atoms with Crippen LogP contribution in [-0.2, 0) is 9.59 Å². The Kier molecular flexibility index (Phi) is 3.80. The average molecular weight is 477 g/mol. The highest BCUT2D eigenvalue weighted by Crippen LogP contribution is 2.84. The van der Waals surface area contributed by atoms with Gasteiger partial charge in [-0.1, -0.05) is 76.1 Å². The molecule has 5 aliphatic rings. The Bertz CT molecular complexity index is 936. The first kappa shape index (κ1) is 17.5. The lowest BCUT2D eigenvalue weighted by atomic mass is 9.66. The fraction of sp³-hybridized carbons (Fsp3) is 0.562. The summed E-state index contributed by atoms with van der Waals surface area (Å²) in [5.74, 6) is 0. The zero-order chi connectivity index (χ0) is 17.7. The summed E-state index contributed by atoms with van der Waals surface area (Å²) >= 11 is 10.3. The average Bonchev–Trinajstić information content (AvgIpc) is 3.11. The largest absolute Gasteiger partial charge is 0.289 e. The second-order valence-corrected chi connectivity index (χ2v) is 16.4. The molecule has 0 aromatic carbocycles. The topological polar surface area (TPSA) is 51.2 Å². The summed E-state index contributed by atoms with van der Waals surface area (Å²) in [5.41, 5.74) is 0.972. The van der Waals surface area contributed by atoms with Gasteiger partial charge in [0.15, 0.2) is 9.19 Å². The minimum absolute atomic E-state index is 0.107. The van der Waals surface area contributed by atoms with Crippen LogP contribution in [0.25, 0.3) is 0 Å². The molecule has 3 aliphatic heterocycles. The van der Waals surface area contributed by atoms with Crippen LogP contribution in [0.5, 0.6) is 0 Å². The van der Waals surface area contributed by atoms with Crippen molar-refractivity contribution in [2.24, 2.45) is 5.41 Å². The fourth-order valence-corrected chi connectivity index (χ4v) is 17.6. The molecule has 1 atom stereocenters. The standard InChI is InChI=1S/C16H12O3S7/c17-11-14(5-2-6-14)16(24-9-10(25-16)22-13(19)21-9)15(26-11)12(18)20-8(23-15)7-3-1-4-7/h1-6H2. The molecule has 3 spiro atoms. The molecule has 0 radical (unpaired) electrons. The van der Waals surface area contributed by atoms with E-state index in [1.807, 2.05) is 0 Å². The van der Waals surface area contributed by atoms with E-state index in [9.17, 15) is 14.4 Å². The summed E-state index contributed by atoms with van der Waals surface area (Å²) in [4.78, 5) is 38.5. The van der Waals surface area contributed by atoms with Gasteiger partial charge in [0.25, 0.3) is 4.06 Å². The monoisotopic (exact) mass is 476 g/mol. The van der Waals surface area contributed by atoms with Crippen LogP contribution >= 0.6 is 81.5 Å². The zero-order valence-corrected chi connectivity index (χ0v) is 19.0. The number of carbonyl (C=O) groups excluding carboxylic acids is 2. The number of fused-ring (bicyclic) bond motifs is 3. The van der Waals surface area contributed by atoms with Gasteiger partial charge in [-0.05, 0) is 49.4 Å². The van der Waals surface area contributed by atoms with Crippen LogP contribution in [0.15, 0.2) is 23.0 Å². The minimum Gasteiger partial charge on any atom is -0.286 e. The number of hydrogen-bond acceptors (Lipinski definition) is 10. The number of rotatable bonds is 0. The lowest BCUT2D eigenvalue weighted by molar-refractivity contribution is -0.123. The SMILES string of the molecule is O=C1SC2(SC(=C3CCC3)SC2=O)C2(Sc3sc(=O)sc3S2)C12CCC2. The summed E-state index contributed by atoms with van der Waals surface area (Å²) in [7, 11) is 0. The molecule has 2 aliphatic carbocycles. The van der Waals surface area contributed by atoms with Crippen LogP contribution in [-0.4, -0.2) is 18.4 Å². The van der Waals surface area contributed by atoms with Crippen LogP contribution in [0.1, 0.15) is 38.5 Å². The molecule has 0 amide bonds. The molecule has 1 unspecified atom stereocenters. The summed E-state index contributed by atoms with van der Waals surface area (Å²) in [6.07, 6.45) is 6.17. The molecule has 10 heteroatoms. The number of allylic oxidation sites excluding steroid dienone is 1. The summed E-state index contributed by atoms with van der Waals surface area (Å²) in [6.45, 7) is 0. The van der Waals surface area contributed by atoms with Gasteiger partial charge in [0.1, 0.15) is 4.08 Å². The van der Waals surface area contributed by atoms with Gasteiger partial charge < -0.3 is 0 Å². The van der Waals surface area contributed by atoms with Crippen molar-refractivity contribution < 1.29 is 9.59 Å². The van der Waals surface area contributed by atoms with Crippen molar-refractivity contribution in [3.8, 4) is 0 Å². The molecular formula is C16H12O3S7. The van der Waals surface area contributed by atoms with Crippen molar-refractivity contribution in [2.45, 2.75) is 55.1 Å². The Balaban J connectivity index is 1.53. The van der Waals surface area contributed by atoms with Crippen molar-refractivity contribution in [3.05, 3.63) is 18.7 Å².